The molecule has 1 amide bonds. The number of furan rings is 1. The average molecular weight is 367 g/mol. The Balaban J connectivity index is 1.49. The molecule has 9 heteroatoms. The predicted molar refractivity (Wildman–Crippen MR) is 88.1 cm³/mol. The van der Waals surface area contributed by atoms with E-state index in [2.05, 4.69) is 4.98 Å². The number of carbonyl (C=O) groups excluding carboxylic acids is 1. The molecule has 0 radical (unpaired) electrons. The van der Waals surface area contributed by atoms with E-state index in [1.807, 2.05) is 12.3 Å². The van der Waals surface area contributed by atoms with Crippen molar-refractivity contribution in [3.63, 3.8) is 0 Å². The van der Waals surface area contributed by atoms with Crippen LogP contribution in [0.4, 0.5) is 0 Å². The number of carbonyl (C=O) groups is 1. The third-order valence-corrected chi connectivity index (χ3v) is 7.74. The van der Waals surface area contributed by atoms with Gasteiger partial charge in [0.05, 0.1) is 34.3 Å². The van der Waals surface area contributed by atoms with E-state index in [1.165, 1.54) is 28.2 Å². The van der Waals surface area contributed by atoms with Gasteiger partial charge in [0.15, 0.2) is 0 Å². The first kappa shape index (κ1) is 15.8. The zero-order valence-electron chi connectivity index (χ0n) is 13.1. The van der Waals surface area contributed by atoms with Gasteiger partial charge in [-0.1, -0.05) is 0 Å². The van der Waals surface area contributed by atoms with Gasteiger partial charge < -0.3 is 9.32 Å². The predicted octanol–water partition coefficient (Wildman–Crippen LogP) is 1.33. The van der Waals surface area contributed by atoms with Crippen LogP contribution in [-0.2, 0) is 16.6 Å². The molecule has 4 heterocycles. The lowest BCUT2D eigenvalue weighted by molar-refractivity contribution is 0.0784. The zero-order valence-corrected chi connectivity index (χ0v) is 14.7. The number of amides is 1. The maximum absolute atomic E-state index is 12.8. The molecular weight excluding hydrogens is 350 g/mol. The standard InChI is InChI=1S/C15H17N3O4S2/c1-10-16-13(9-23-10)6-18-5-12-4-17(7-14(12)24(18,20)21)15(19)11-2-3-22-8-11/h2-3,8-9,12,14H,4-7H2,1H3. The number of aryl methyl sites for hydroxylation is 1. The lowest BCUT2D eigenvalue weighted by Crippen LogP contribution is -2.36. The van der Waals surface area contributed by atoms with Gasteiger partial charge in [-0.2, -0.15) is 4.31 Å². The van der Waals surface area contributed by atoms with Crippen molar-refractivity contribution in [3.8, 4) is 0 Å². The third-order valence-electron chi connectivity index (χ3n) is 4.62. The smallest absolute Gasteiger partial charge is 0.257 e. The molecule has 2 atom stereocenters. The second-order valence-electron chi connectivity index (χ2n) is 6.22. The van der Waals surface area contributed by atoms with E-state index in [9.17, 15) is 13.2 Å². The van der Waals surface area contributed by atoms with Gasteiger partial charge in [0.1, 0.15) is 6.26 Å². The minimum atomic E-state index is -3.41. The Labute approximate surface area is 143 Å². The molecular formula is C15H17N3O4S2. The van der Waals surface area contributed by atoms with Gasteiger partial charge in [-0.25, -0.2) is 13.4 Å². The van der Waals surface area contributed by atoms with Gasteiger partial charge in [0.2, 0.25) is 10.0 Å². The molecule has 0 spiro atoms. The summed E-state index contributed by atoms with van der Waals surface area (Å²) in [4.78, 5) is 18.3. The number of hydrogen-bond donors (Lipinski definition) is 0. The summed E-state index contributed by atoms with van der Waals surface area (Å²) in [5.74, 6) is -0.222. The van der Waals surface area contributed by atoms with Gasteiger partial charge in [0, 0.05) is 30.9 Å². The van der Waals surface area contributed by atoms with Crippen LogP contribution >= 0.6 is 11.3 Å². The van der Waals surface area contributed by atoms with Crippen LogP contribution in [0.1, 0.15) is 21.1 Å². The average Bonchev–Trinajstić information content (AvgIpc) is 3.28. The summed E-state index contributed by atoms with van der Waals surface area (Å²) in [5, 5.41) is 2.31. The first-order chi connectivity index (χ1) is 11.4. The summed E-state index contributed by atoms with van der Waals surface area (Å²) in [5.41, 5.74) is 1.24. The molecule has 7 nitrogen and oxygen atoms in total. The Morgan fingerprint density at radius 2 is 2.25 bits per heavy atom. The van der Waals surface area contributed by atoms with E-state index in [-0.39, 0.29) is 18.4 Å². The highest BCUT2D eigenvalue weighted by Crippen LogP contribution is 2.35. The largest absolute Gasteiger partial charge is 0.472 e. The van der Waals surface area contributed by atoms with Crippen LogP contribution in [0.3, 0.4) is 0 Å². The molecule has 4 rings (SSSR count). The van der Waals surface area contributed by atoms with Crippen molar-refractivity contribution in [1.82, 2.24) is 14.2 Å². The summed E-state index contributed by atoms with van der Waals surface area (Å²) in [6, 6.07) is 1.60. The van der Waals surface area contributed by atoms with Crippen LogP contribution in [0.5, 0.6) is 0 Å². The number of thiazole rings is 1. The number of fused-ring (bicyclic) bond motifs is 1. The van der Waals surface area contributed by atoms with E-state index in [0.29, 0.717) is 25.2 Å². The molecule has 2 aromatic rings. The number of rotatable bonds is 3. The van der Waals surface area contributed by atoms with E-state index in [4.69, 9.17) is 4.42 Å². The SMILES string of the molecule is Cc1nc(CN2CC3CN(C(=O)c4ccoc4)CC3S2(=O)=O)cs1. The van der Waals surface area contributed by atoms with Gasteiger partial charge in [0.25, 0.3) is 5.91 Å². The second kappa shape index (κ2) is 5.68. The van der Waals surface area contributed by atoms with E-state index in [1.54, 1.807) is 11.0 Å². The molecule has 2 saturated heterocycles. The molecule has 2 aliphatic rings. The Bertz CT molecular complexity index is 859. The van der Waals surface area contributed by atoms with Gasteiger partial charge >= 0.3 is 0 Å². The van der Waals surface area contributed by atoms with Crippen LogP contribution in [0.25, 0.3) is 0 Å². The Morgan fingerprint density at radius 3 is 2.88 bits per heavy atom. The molecule has 0 aliphatic carbocycles. The van der Waals surface area contributed by atoms with Gasteiger partial charge in [-0.15, -0.1) is 11.3 Å². The van der Waals surface area contributed by atoms with Crippen molar-refractivity contribution in [1.29, 1.82) is 0 Å². The van der Waals surface area contributed by atoms with Crippen LogP contribution < -0.4 is 0 Å². The molecule has 0 N–H and O–H groups in total. The van der Waals surface area contributed by atoms with Crippen molar-refractivity contribution < 1.29 is 17.6 Å². The zero-order chi connectivity index (χ0) is 16.9. The van der Waals surface area contributed by atoms with Crippen LogP contribution in [0.15, 0.2) is 28.4 Å². The highest BCUT2D eigenvalue weighted by atomic mass is 32.2. The van der Waals surface area contributed by atoms with Crippen molar-refractivity contribution in [3.05, 3.63) is 40.2 Å². The summed E-state index contributed by atoms with van der Waals surface area (Å²) in [7, 11) is -3.41. The van der Waals surface area contributed by atoms with Crippen molar-refractivity contribution in [2.45, 2.75) is 18.7 Å². The number of hydrogen-bond acceptors (Lipinski definition) is 6. The Kier molecular flexibility index (Phi) is 3.74. The lowest BCUT2D eigenvalue weighted by atomic mass is 10.1. The molecule has 2 fully saturated rings. The summed E-state index contributed by atoms with van der Waals surface area (Å²) < 4.78 is 32.0. The number of aromatic nitrogens is 1. The van der Waals surface area contributed by atoms with Gasteiger partial charge in [-0.3, -0.25) is 4.79 Å². The fraction of sp³-hybridized carbons (Fsp3) is 0.467. The maximum Gasteiger partial charge on any atom is 0.257 e. The quantitative estimate of drug-likeness (QED) is 0.817. The lowest BCUT2D eigenvalue weighted by Gasteiger charge is -2.20. The van der Waals surface area contributed by atoms with Crippen LogP contribution in [0.2, 0.25) is 0 Å². The summed E-state index contributed by atoms with van der Waals surface area (Å²) in [6.45, 7) is 3.36. The first-order valence-corrected chi connectivity index (χ1v) is 10.0. The van der Waals surface area contributed by atoms with Crippen LogP contribution in [0, 0.1) is 12.8 Å². The summed E-state index contributed by atoms with van der Waals surface area (Å²) in [6.07, 6.45) is 2.83. The monoisotopic (exact) mass is 367 g/mol. The fourth-order valence-corrected chi connectivity index (χ4v) is 6.19. The third kappa shape index (κ3) is 2.56. The van der Waals surface area contributed by atoms with Crippen molar-refractivity contribution in [2.75, 3.05) is 19.6 Å². The molecule has 2 aromatic heterocycles. The molecule has 2 aliphatic heterocycles. The normalized spacial score (nSPS) is 26.0. The van der Waals surface area contributed by atoms with E-state index in [0.717, 1.165) is 10.7 Å². The van der Waals surface area contributed by atoms with Crippen LogP contribution in [-0.4, -0.2) is 53.4 Å². The molecule has 128 valence electrons. The topological polar surface area (TPSA) is 83.7 Å². The molecule has 0 aromatic carbocycles. The molecule has 2 unspecified atom stereocenters. The maximum atomic E-state index is 12.8. The number of nitrogens with zero attached hydrogens (tertiary/aromatic N) is 3. The number of sulfonamides is 1. The highest BCUT2D eigenvalue weighted by molar-refractivity contribution is 7.90. The van der Waals surface area contributed by atoms with E-state index >= 15 is 0 Å². The number of likely N-dealkylation sites (tertiary alicyclic amines) is 1. The molecule has 24 heavy (non-hydrogen) atoms. The fourth-order valence-electron chi connectivity index (χ4n) is 3.46. The second-order valence-corrected chi connectivity index (χ2v) is 9.43. The van der Waals surface area contributed by atoms with E-state index < -0.39 is 15.3 Å². The summed E-state index contributed by atoms with van der Waals surface area (Å²) >= 11 is 1.52. The Morgan fingerprint density at radius 1 is 1.42 bits per heavy atom. The molecule has 0 saturated carbocycles. The minimum Gasteiger partial charge on any atom is -0.472 e. The minimum absolute atomic E-state index is 0.0504. The van der Waals surface area contributed by atoms with Crippen molar-refractivity contribution >= 4 is 27.3 Å². The molecule has 0 bridgehead atoms. The first-order valence-electron chi connectivity index (χ1n) is 7.66. The van der Waals surface area contributed by atoms with Crippen molar-refractivity contribution in [2.24, 2.45) is 5.92 Å². The van der Waals surface area contributed by atoms with Gasteiger partial charge in [-0.05, 0) is 13.0 Å². The Hall–Kier alpha value is -1.71. The highest BCUT2D eigenvalue weighted by Gasteiger charge is 2.52.